The van der Waals surface area contributed by atoms with Crippen LogP contribution in [0.15, 0.2) is 65.8 Å². The number of hydrogen-bond acceptors (Lipinski definition) is 8. The zero-order valence-electron chi connectivity index (χ0n) is 25.7. The fraction of sp³-hybridized carbons (Fsp3) is 0.343. The van der Waals surface area contributed by atoms with Gasteiger partial charge in [-0.25, -0.2) is 4.79 Å². The van der Waals surface area contributed by atoms with Crippen LogP contribution in [0.2, 0.25) is 0 Å². The Hall–Kier alpha value is -4.63. The monoisotopic (exact) mass is 598 g/mol. The van der Waals surface area contributed by atoms with Crippen molar-refractivity contribution in [1.29, 1.82) is 0 Å². The first-order valence-electron chi connectivity index (χ1n) is 14.9. The molecule has 0 spiro atoms. The number of carbonyl (C=O) groups excluding carboxylic acids is 4. The third kappa shape index (κ3) is 7.85. The van der Waals surface area contributed by atoms with Gasteiger partial charge in [0.1, 0.15) is 11.5 Å². The minimum absolute atomic E-state index is 0.184. The number of benzene rings is 3. The van der Waals surface area contributed by atoms with Crippen molar-refractivity contribution >= 4 is 51.0 Å². The van der Waals surface area contributed by atoms with Gasteiger partial charge in [-0.3, -0.25) is 14.4 Å². The van der Waals surface area contributed by atoms with Gasteiger partial charge in [-0.05, 0) is 79.9 Å². The van der Waals surface area contributed by atoms with Crippen molar-refractivity contribution in [3.05, 3.63) is 77.4 Å². The van der Waals surface area contributed by atoms with Crippen LogP contribution < -0.4 is 4.74 Å². The molecule has 0 aliphatic carbocycles. The zero-order valence-corrected chi connectivity index (χ0v) is 25.7. The van der Waals surface area contributed by atoms with E-state index in [-0.39, 0.29) is 17.3 Å². The molecule has 230 valence electrons. The lowest BCUT2D eigenvalue weighted by Gasteiger charge is -2.08. The fourth-order valence-corrected chi connectivity index (χ4v) is 5.21. The van der Waals surface area contributed by atoms with Crippen LogP contribution in [0.25, 0.3) is 21.8 Å². The second-order valence-corrected chi connectivity index (χ2v) is 10.7. The van der Waals surface area contributed by atoms with Crippen molar-refractivity contribution in [2.45, 2.75) is 65.8 Å². The number of fused-ring (bicyclic) bond motifs is 3. The van der Waals surface area contributed by atoms with Crippen molar-refractivity contribution in [2.24, 2.45) is 5.16 Å². The van der Waals surface area contributed by atoms with Gasteiger partial charge in [-0.15, -0.1) is 0 Å². The molecule has 4 aromatic rings. The van der Waals surface area contributed by atoms with E-state index >= 15 is 0 Å². The predicted octanol–water partition coefficient (Wildman–Crippen LogP) is 7.06. The number of methoxy groups -OCH3 is 1. The quantitative estimate of drug-likeness (QED) is 0.0274. The van der Waals surface area contributed by atoms with Gasteiger partial charge < -0.3 is 18.9 Å². The Balaban J connectivity index is 1.76. The van der Waals surface area contributed by atoms with E-state index in [1.54, 1.807) is 43.5 Å². The third-order valence-electron chi connectivity index (χ3n) is 7.31. The number of ketones is 2. The standard InChI is InChI=1S/C35H38N2O7/c1-5-6-7-8-10-31(36-44-24(3)39)35(41)27-14-18-33-30(22-27)29-21-26(13-17-32(29)37(33)19-9-20-42-4)34(40)25-11-15-28(16-12-25)43-23(2)38/h11-18,21-22H,5-10,19-20H2,1-4H3/b36-31+. The molecule has 0 saturated heterocycles. The topological polar surface area (TPSA) is 113 Å². The Bertz CT molecular complexity index is 1700. The molecule has 9 heteroatoms. The first-order valence-corrected chi connectivity index (χ1v) is 14.9. The summed E-state index contributed by atoms with van der Waals surface area (Å²) in [4.78, 5) is 54.7. The molecule has 0 unspecified atom stereocenters. The molecular formula is C35H38N2O7. The lowest BCUT2D eigenvalue weighted by atomic mass is 9.98. The van der Waals surface area contributed by atoms with E-state index in [1.165, 1.54) is 13.8 Å². The van der Waals surface area contributed by atoms with Gasteiger partial charge >= 0.3 is 11.9 Å². The minimum Gasteiger partial charge on any atom is -0.427 e. The Morgan fingerprint density at radius 3 is 2.00 bits per heavy atom. The van der Waals surface area contributed by atoms with Gasteiger partial charge in [0.05, 0.1) is 0 Å². The minimum atomic E-state index is -0.586. The lowest BCUT2D eigenvalue weighted by molar-refractivity contribution is -0.141. The Morgan fingerprint density at radius 1 is 0.750 bits per heavy atom. The first kappa shape index (κ1) is 32.3. The van der Waals surface area contributed by atoms with Crippen LogP contribution in [-0.4, -0.2) is 47.5 Å². The summed E-state index contributed by atoms with van der Waals surface area (Å²) in [6.07, 6.45) is 4.98. The van der Waals surface area contributed by atoms with Crippen LogP contribution >= 0.6 is 0 Å². The van der Waals surface area contributed by atoms with E-state index in [1.807, 2.05) is 24.3 Å². The number of aromatic nitrogens is 1. The molecule has 0 radical (unpaired) electrons. The van der Waals surface area contributed by atoms with Crippen molar-refractivity contribution in [2.75, 3.05) is 13.7 Å². The third-order valence-corrected chi connectivity index (χ3v) is 7.31. The van der Waals surface area contributed by atoms with E-state index in [4.69, 9.17) is 14.3 Å². The molecule has 44 heavy (non-hydrogen) atoms. The number of oxime groups is 1. The van der Waals surface area contributed by atoms with E-state index in [0.29, 0.717) is 42.0 Å². The molecule has 0 bridgehead atoms. The van der Waals surface area contributed by atoms with Crippen LogP contribution in [0.3, 0.4) is 0 Å². The number of rotatable bonds is 15. The van der Waals surface area contributed by atoms with Gasteiger partial charge in [0.15, 0.2) is 5.78 Å². The lowest BCUT2D eigenvalue weighted by Crippen LogP contribution is -2.16. The highest BCUT2D eigenvalue weighted by Crippen LogP contribution is 2.32. The highest BCUT2D eigenvalue weighted by atomic mass is 16.7. The van der Waals surface area contributed by atoms with Gasteiger partial charge in [-0.2, -0.15) is 0 Å². The first-order chi connectivity index (χ1) is 21.2. The van der Waals surface area contributed by atoms with Crippen LogP contribution in [0.1, 0.15) is 85.6 Å². The summed E-state index contributed by atoms with van der Waals surface area (Å²) in [7, 11) is 1.66. The summed E-state index contributed by atoms with van der Waals surface area (Å²) in [6, 6.07) is 17.5. The number of unbranched alkanes of at least 4 members (excludes halogenated alkanes) is 3. The highest BCUT2D eigenvalue weighted by molar-refractivity contribution is 6.46. The molecular weight excluding hydrogens is 560 g/mol. The molecule has 0 fully saturated rings. The molecule has 0 aliphatic rings. The zero-order chi connectivity index (χ0) is 31.6. The molecule has 9 nitrogen and oxygen atoms in total. The maximum absolute atomic E-state index is 13.6. The number of Topliss-reactive ketones (excluding diaryl/α,β-unsaturated/α-hetero) is 1. The number of esters is 1. The summed E-state index contributed by atoms with van der Waals surface area (Å²) < 4.78 is 12.5. The van der Waals surface area contributed by atoms with Crippen molar-refractivity contribution in [3.63, 3.8) is 0 Å². The smallest absolute Gasteiger partial charge is 0.331 e. The summed E-state index contributed by atoms with van der Waals surface area (Å²) >= 11 is 0. The Labute approximate surface area is 256 Å². The molecule has 1 heterocycles. The molecule has 0 aliphatic heterocycles. The van der Waals surface area contributed by atoms with Crippen molar-refractivity contribution < 1.29 is 33.5 Å². The van der Waals surface area contributed by atoms with Gasteiger partial charge in [-0.1, -0.05) is 31.3 Å². The molecule has 0 atom stereocenters. The predicted molar refractivity (Wildman–Crippen MR) is 169 cm³/mol. The summed E-state index contributed by atoms with van der Waals surface area (Å²) in [6.45, 7) is 5.95. The SMILES string of the molecule is CCCCCC/C(=N\OC(C)=O)C(=O)c1ccc2c(c1)c1cc(C(=O)c3ccc(OC(C)=O)cc3)ccc1n2CCCOC. The van der Waals surface area contributed by atoms with Crippen LogP contribution in [0, 0.1) is 0 Å². The number of hydrogen-bond donors (Lipinski definition) is 0. The largest absolute Gasteiger partial charge is 0.427 e. The Kier molecular flexibility index (Phi) is 11.2. The molecule has 0 saturated carbocycles. The molecule has 3 aromatic carbocycles. The molecule has 4 rings (SSSR count). The number of ether oxygens (including phenoxy) is 2. The number of nitrogens with zero attached hydrogens (tertiary/aromatic N) is 2. The van der Waals surface area contributed by atoms with Gasteiger partial charge in [0.25, 0.3) is 0 Å². The summed E-state index contributed by atoms with van der Waals surface area (Å²) in [5, 5.41) is 5.56. The molecule has 1 aromatic heterocycles. The van der Waals surface area contributed by atoms with Crippen LogP contribution in [-0.2, 0) is 25.7 Å². The van der Waals surface area contributed by atoms with E-state index in [0.717, 1.165) is 53.9 Å². The van der Waals surface area contributed by atoms with Gasteiger partial charge in [0.2, 0.25) is 5.78 Å². The van der Waals surface area contributed by atoms with Crippen LogP contribution in [0.4, 0.5) is 0 Å². The maximum atomic E-state index is 13.6. The average molecular weight is 599 g/mol. The molecule has 0 N–H and O–H groups in total. The second-order valence-electron chi connectivity index (χ2n) is 10.7. The number of carbonyl (C=O) groups is 4. The summed E-state index contributed by atoms with van der Waals surface area (Å²) in [5.74, 6) is -1.14. The van der Waals surface area contributed by atoms with Gasteiger partial charge in [0, 0.05) is 72.6 Å². The number of aryl methyl sites for hydroxylation is 1. The van der Waals surface area contributed by atoms with Crippen LogP contribution in [0.5, 0.6) is 5.75 Å². The summed E-state index contributed by atoms with van der Waals surface area (Å²) in [5.41, 5.74) is 3.41. The highest BCUT2D eigenvalue weighted by Gasteiger charge is 2.20. The average Bonchev–Trinajstić information content (AvgIpc) is 3.32. The van der Waals surface area contributed by atoms with E-state index < -0.39 is 11.9 Å². The molecule has 0 amide bonds. The van der Waals surface area contributed by atoms with E-state index in [9.17, 15) is 19.2 Å². The van der Waals surface area contributed by atoms with Crippen molar-refractivity contribution in [3.8, 4) is 5.75 Å². The van der Waals surface area contributed by atoms with Crippen molar-refractivity contribution in [1.82, 2.24) is 4.57 Å². The second kappa shape index (κ2) is 15.2. The fourth-order valence-electron chi connectivity index (χ4n) is 5.21. The Morgan fingerprint density at radius 2 is 1.39 bits per heavy atom. The van der Waals surface area contributed by atoms with E-state index in [2.05, 4.69) is 16.6 Å². The maximum Gasteiger partial charge on any atom is 0.331 e. The normalized spacial score (nSPS) is 11.6.